The summed E-state index contributed by atoms with van der Waals surface area (Å²) in [5.74, 6) is 0.198. The molecule has 1 fully saturated rings. The Bertz CT molecular complexity index is 372. The summed E-state index contributed by atoms with van der Waals surface area (Å²) >= 11 is 5.84. The van der Waals surface area contributed by atoms with E-state index >= 15 is 0 Å². The molecule has 0 amide bonds. The molecule has 1 aliphatic rings. The number of nitrogens with two attached hydrogens (primary N) is 1. The highest BCUT2D eigenvalue weighted by Gasteiger charge is 2.39. The third-order valence-corrected chi connectivity index (χ3v) is 3.19. The highest BCUT2D eigenvalue weighted by Crippen LogP contribution is 2.40. The minimum absolute atomic E-state index is 0.0904. The van der Waals surface area contributed by atoms with Gasteiger partial charge in [-0.15, -0.1) is 0 Å². The molecule has 0 spiro atoms. The van der Waals surface area contributed by atoms with E-state index < -0.39 is 0 Å². The Kier molecular flexibility index (Phi) is 2.20. The van der Waals surface area contributed by atoms with Crippen molar-refractivity contribution in [3.63, 3.8) is 0 Å². The summed E-state index contributed by atoms with van der Waals surface area (Å²) in [6, 6.07) is 3.63. The van der Waals surface area contributed by atoms with Gasteiger partial charge in [0.05, 0.1) is 5.02 Å². The van der Waals surface area contributed by atoms with Gasteiger partial charge in [0.25, 0.3) is 0 Å². The van der Waals surface area contributed by atoms with Crippen LogP contribution in [-0.4, -0.2) is 10.6 Å². The fraction of sp³-hybridized carbons (Fsp3) is 0.455. The molecule has 3 heteroatoms. The molecule has 0 bridgehead atoms. The van der Waals surface area contributed by atoms with Crippen LogP contribution in [-0.2, 0) is 6.42 Å². The fourth-order valence-electron chi connectivity index (χ4n) is 1.62. The highest BCUT2D eigenvalue weighted by atomic mass is 35.5. The first-order valence-corrected chi connectivity index (χ1v) is 5.15. The molecule has 0 aromatic heterocycles. The molecule has 2 rings (SSSR count). The van der Waals surface area contributed by atoms with Gasteiger partial charge in [0.1, 0.15) is 5.75 Å². The molecule has 1 saturated carbocycles. The number of benzene rings is 1. The van der Waals surface area contributed by atoms with E-state index in [4.69, 9.17) is 17.3 Å². The van der Waals surface area contributed by atoms with Crippen molar-refractivity contribution in [1.82, 2.24) is 0 Å². The zero-order valence-electron chi connectivity index (χ0n) is 8.18. The Hall–Kier alpha value is -0.730. The fourth-order valence-corrected chi connectivity index (χ4v) is 1.80. The second kappa shape index (κ2) is 3.14. The SMILES string of the molecule is Cc1ccc(Cl)c(O)c1CC1(N)CC1. The van der Waals surface area contributed by atoms with Gasteiger partial charge < -0.3 is 10.8 Å². The van der Waals surface area contributed by atoms with E-state index in [2.05, 4.69) is 0 Å². The summed E-state index contributed by atoms with van der Waals surface area (Å²) in [7, 11) is 0. The van der Waals surface area contributed by atoms with E-state index in [9.17, 15) is 5.11 Å². The van der Waals surface area contributed by atoms with Crippen molar-refractivity contribution in [3.05, 3.63) is 28.3 Å². The first-order chi connectivity index (χ1) is 6.52. The average Bonchev–Trinajstić information content (AvgIpc) is 2.86. The number of halogens is 1. The van der Waals surface area contributed by atoms with Crippen molar-refractivity contribution in [2.45, 2.75) is 31.7 Å². The summed E-state index contributed by atoms with van der Waals surface area (Å²) in [4.78, 5) is 0. The first kappa shape index (κ1) is 9.81. The summed E-state index contributed by atoms with van der Waals surface area (Å²) in [6.07, 6.45) is 2.81. The molecular weight excluding hydrogens is 198 g/mol. The molecule has 1 aromatic rings. The molecule has 0 saturated heterocycles. The highest BCUT2D eigenvalue weighted by molar-refractivity contribution is 6.32. The second-order valence-electron chi connectivity index (χ2n) is 4.23. The van der Waals surface area contributed by atoms with Crippen molar-refractivity contribution in [3.8, 4) is 5.75 Å². The maximum Gasteiger partial charge on any atom is 0.137 e. The molecule has 14 heavy (non-hydrogen) atoms. The Morgan fingerprint density at radius 3 is 2.71 bits per heavy atom. The van der Waals surface area contributed by atoms with Gasteiger partial charge in [-0.3, -0.25) is 0 Å². The number of phenols is 1. The van der Waals surface area contributed by atoms with Crippen LogP contribution in [0.15, 0.2) is 12.1 Å². The molecule has 0 heterocycles. The number of aryl methyl sites for hydroxylation is 1. The van der Waals surface area contributed by atoms with Crippen LogP contribution in [0.25, 0.3) is 0 Å². The lowest BCUT2D eigenvalue weighted by Gasteiger charge is -2.13. The molecule has 1 aliphatic carbocycles. The van der Waals surface area contributed by atoms with Crippen LogP contribution in [0.4, 0.5) is 0 Å². The normalized spacial score (nSPS) is 18.2. The van der Waals surface area contributed by atoms with E-state index in [1.807, 2.05) is 13.0 Å². The summed E-state index contributed by atoms with van der Waals surface area (Å²) in [5, 5.41) is 10.2. The summed E-state index contributed by atoms with van der Waals surface area (Å²) < 4.78 is 0. The van der Waals surface area contributed by atoms with Gasteiger partial charge in [-0.25, -0.2) is 0 Å². The van der Waals surface area contributed by atoms with Crippen molar-refractivity contribution >= 4 is 11.6 Å². The Morgan fingerprint density at radius 1 is 1.50 bits per heavy atom. The number of hydrogen-bond acceptors (Lipinski definition) is 2. The molecular formula is C11H14ClNO. The van der Waals surface area contributed by atoms with Gasteiger partial charge in [-0.2, -0.15) is 0 Å². The molecule has 0 unspecified atom stereocenters. The average molecular weight is 212 g/mol. The predicted molar refractivity (Wildman–Crippen MR) is 57.7 cm³/mol. The van der Waals surface area contributed by atoms with Gasteiger partial charge in [-0.1, -0.05) is 17.7 Å². The summed E-state index contributed by atoms with van der Waals surface area (Å²) in [5.41, 5.74) is 7.88. The monoisotopic (exact) mass is 211 g/mol. The van der Waals surface area contributed by atoms with Gasteiger partial charge in [-0.05, 0) is 37.8 Å². The Morgan fingerprint density at radius 2 is 2.14 bits per heavy atom. The predicted octanol–water partition coefficient (Wildman–Crippen LogP) is 2.39. The third kappa shape index (κ3) is 1.72. The first-order valence-electron chi connectivity index (χ1n) is 4.78. The van der Waals surface area contributed by atoms with Crippen LogP contribution in [0.3, 0.4) is 0 Å². The van der Waals surface area contributed by atoms with Crippen LogP contribution in [0, 0.1) is 6.92 Å². The van der Waals surface area contributed by atoms with E-state index in [-0.39, 0.29) is 11.3 Å². The molecule has 1 aromatic carbocycles. The second-order valence-corrected chi connectivity index (χ2v) is 4.64. The number of hydrogen-bond donors (Lipinski definition) is 2. The summed E-state index contributed by atoms with van der Waals surface area (Å²) in [6.45, 7) is 1.97. The lowest BCUT2D eigenvalue weighted by molar-refractivity contribution is 0.463. The maximum absolute atomic E-state index is 9.78. The number of phenolic OH excluding ortho intramolecular Hbond substituents is 1. The van der Waals surface area contributed by atoms with E-state index in [1.54, 1.807) is 6.07 Å². The minimum atomic E-state index is -0.0904. The third-order valence-electron chi connectivity index (χ3n) is 2.89. The molecule has 3 N–H and O–H groups in total. The van der Waals surface area contributed by atoms with Crippen molar-refractivity contribution in [2.75, 3.05) is 0 Å². The lowest BCUT2D eigenvalue weighted by atomic mass is 9.99. The quantitative estimate of drug-likeness (QED) is 0.789. The van der Waals surface area contributed by atoms with Crippen molar-refractivity contribution < 1.29 is 5.11 Å². The standard InChI is InChI=1S/C11H14ClNO/c1-7-2-3-9(12)10(14)8(7)6-11(13)4-5-11/h2-3,14H,4-6,13H2,1H3. The number of aromatic hydroxyl groups is 1. The van der Waals surface area contributed by atoms with E-state index in [1.165, 1.54) is 0 Å². The van der Waals surface area contributed by atoms with Crippen LogP contribution in [0.1, 0.15) is 24.0 Å². The van der Waals surface area contributed by atoms with Gasteiger partial charge in [0.2, 0.25) is 0 Å². The molecule has 0 aliphatic heterocycles. The Balaban J connectivity index is 2.35. The zero-order valence-corrected chi connectivity index (χ0v) is 8.93. The smallest absolute Gasteiger partial charge is 0.137 e. The van der Waals surface area contributed by atoms with Gasteiger partial charge in [0.15, 0.2) is 0 Å². The van der Waals surface area contributed by atoms with Crippen molar-refractivity contribution in [1.29, 1.82) is 0 Å². The molecule has 0 atom stereocenters. The maximum atomic E-state index is 9.78. The van der Waals surface area contributed by atoms with Crippen LogP contribution in [0.2, 0.25) is 5.02 Å². The van der Waals surface area contributed by atoms with Crippen LogP contribution >= 0.6 is 11.6 Å². The largest absolute Gasteiger partial charge is 0.506 e. The Labute approximate surface area is 88.7 Å². The lowest BCUT2D eigenvalue weighted by Crippen LogP contribution is -2.24. The number of rotatable bonds is 2. The molecule has 76 valence electrons. The van der Waals surface area contributed by atoms with E-state index in [0.29, 0.717) is 5.02 Å². The van der Waals surface area contributed by atoms with Crippen LogP contribution < -0.4 is 5.73 Å². The van der Waals surface area contributed by atoms with Crippen molar-refractivity contribution in [2.24, 2.45) is 5.73 Å². The molecule has 2 nitrogen and oxygen atoms in total. The van der Waals surface area contributed by atoms with Gasteiger partial charge >= 0.3 is 0 Å². The van der Waals surface area contributed by atoms with Gasteiger partial charge in [0, 0.05) is 11.1 Å². The zero-order chi connectivity index (χ0) is 10.3. The topological polar surface area (TPSA) is 46.2 Å². The minimum Gasteiger partial charge on any atom is -0.506 e. The molecule has 0 radical (unpaired) electrons. The van der Waals surface area contributed by atoms with E-state index in [0.717, 1.165) is 30.4 Å². The van der Waals surface area contributed by atoms with Crippen LogP contribution in [0.5, 0.6) is 5.75 Å².